The zero-order valence-electron chi connectivity index (χ0n) is 16.9. The lowest BCUT2D eigenvalue weighted by Crippen LogP contribution is -2.37. The van der Waals surface area contributed by atoms with Crippen molar-refractivity contribution in [2.45, 2.75) is 33.2 Å². The van der Waals surface area contributed by atoms with Crippen LogP contribution in [-0.2, 0) is 16.1 Å². The molecule has 2 aromatic rings. The first-order chi connectivity index (χ1) is 14.0. The highest BCUT2D eigenvalue weighted by atomic mass is 35.5. The van der Waals surface area contributed by atoms with E-state index < -0.39 is 5.97 Å². The predicted molar refractivity (Wildman–Crippen MR) is 115 cm³/mol. The van der Waals surface area contributed by atoms with Crippen LogP contribution in [0.4, 0.5) is 5.69 Å². The zero-order valence-corrected chi connectivity index (χ0v) is 17.7. The molecule has 2 aromatic carbocycles. The number of rotatable bonds is 6. The van der Waals surface area contributed by atoms with Gasteiger partial charge in [0.15, 0.2) is 0 Å². The minimum absolute atomic E-state index is 0.000457. The maximum atomic E-state index is 12.7. The van der Waals surface area contributed by atoms with Crippen LogP contribution in [0.1, 0.15) is 41.3 Å². The van der Waals surface area contributed by atoms with Crippen LogP contribution >= 0.6 is 11.6 Å². The van der Waals surface area contributed by atoms with E-state index in [1.807, 2.05) is 0 Å². The Labute approximate surface area is 177 Å². The van der Waals surface area contributed by atoms with Gasteiger partial charge in [-0.25, -0.2) is 4.79 Å². The summed E-state index contributed by atoms with van der Waals surface area (Å²) in [4.78, 5) is 26.9. The Morgan fingerprint density at radius 2 is 1.90 bits per heavy atom. The minimum Gasteiger partial charge on any atom is -0.462 e. The number of nitrogens with zero attached hydrogens (tertiary/aromatic N) is 1. The quantitative estimate of drug-likeness (QED) is 0.697. The normalized spacial score (nSPS) is 15.1. The molecule has 0 atom stereocenters. The summed E-state index contributed by atoms with van der Waals surface area (Å²) in [5.41, 5.74) is 3.54. The van der Waals surface area contributed by atoms with Crippen LogP contribution in [-0.4, -0.2) is 36.5 Å². The minimum atomic E-state index is -0.462. The highest BCUT2D eigenvalue weighted by Crippen LogP contribution is 2.25. The predicted octanol–water partition coefficient (Wildman–Crippen LogP) is 4.68. The summed E-state index contributed by atoms with van der Waals surface area (Å²) in [6.07, 6.45) is 1.65. The van der Waals surface area contributed by atoms with Crippen LogP contribution in [0.2, 0.25) is 5.02 Å². The molecule has 1 aliphatic rings. The Morgan fingerprint density at radius 3 is 2.55 bits per heavy atom. The molecule has 1 N–H and O–H groups in total. The molecule has 0 aliphatic carbocycles. The van der Waals surface area contributed by atoms with Gasteiger partial charge in [0.05, 0.1) is 17.2 Å². The highest BCUT2D eigenvalue weighted by molar-refractivity contribution is 6.34. The summed E-state index contributed by atoms with van der Waals surface area (Å²) in [5.74, 6) is -0.483. The first kappa shape index (κ1) is 21.3. The summed E-state index contributed by atoms with van der Waals surface area (Å²) in [5, 5.41) is 3.20. The molecule has 1 amide bonds. The molecule has 0 aromatic heterocycles. The van der Waals surface area contributed by atoms with E-state index in [4.69, 9.17) is 16.3 Å². The third-order valence-electron chi connectivity index (χ3n) is 5.35. The summed E-state index contributed by atoms with van der Waals surface area (Å²) >= 11 is 6.18. The van der Waals surface area contributed by atoms with Gasteiger partial charge < -0.3 is 10.1 Å². The third kappa shape index (κ3) is 5.58. The first-order valence-corrected chi connectivity index (χ1v) is 10.4. The van der Waals surface area contributed by atoms with Gasteiger partial charge in [-0.3, -0.25) is 9.69 Å². The van der Waals surface area contributed by atoms with Crippen LogP contribution in [0.25, 0.3) is 0 Å². The fourth-order valence-electron chi connectivity index (χ4n) is 3.59. The molecular weight excluding hydrogens is 388 g/mol. The fraction of sp³-hybridized carbons (Fsp3) is 0.391. The molecule has 1 saturated heterocycles. The second kappa shape index (κ2) is 9.90. The number of nitrogens with one attached hydrogen (secondary N) is 1. The Kier molecular flexibility index (Phi) is 7.29. The average molecular weight is 415 g/mol. The molecule has 1 fully saturated rings. The molecular formula is C23H27ClN2O3. The molecule has 1 heterocycles. The van der Waals surface area contributed by atoms with Crippen molar-refractivity contribution >= 4 is 29.2 Å². The standard InChI is InChI=1S/C23H27ClN2O3/c1-3-29-23(28)20-9-8-19(14-21(20)24)25-22(27)17-10-12-26(13-11-17)15-18-7-5-4-6-16(18)2/h4-9,14,17H,3,10-13,15H2,1-2H3,(H,25,27). The number of ether oxygens (including phenoxy) is 1. The van der Waals surface area contributed by atoms with E-state index in [1.165, 1.54) is 11.1 Å². The van der Waals surface area contributed by atoms with Crippen LogP contribution in [0.5, 0.6) is 0 Å². The second-order valence-electron chi connectivity index (χ2n) is 7.38. The molecule has 0 unspecified atom stereocenters. The number of aryl methyl sites for hydroxylation is 1. The van der Waals surface area contributed by atoms with Crippen molar-refractivity contribution in [1.82, 2.24) is 4.90 Å². The van der Waals surface area contributed by atoms with Gasteiger partial charge in [-0.1, -0.05) is 35.9 Å². The smallest absolute Gasteiger partial charge is 0.339 e. The molecule has 0 spiro atoms. The summed E-state index contributed by atoms with van der Waals surface area (Å²) in [7, 11) is 0. The lowest BCUT2D eigenvalue weighted by Gasteiger charge is -2.31. The maximum absolute atomic E-state index is 12.7. The van der Waals surface area contributed by atoms with Crippen molar-refractivity contribution in [1.29, 1.82) is 0 Å². The summed E-state index contributed by atoms with van der Waals surface area (Å²) in [6.45, 7) is 6.88. The Morgan fingerprint density at radius 1 is 1.17 bits per heavy atom. The monoisotopic (exact) mass is 414 g/mol. The molecule has 3 rings (SSSR count). The topological polar surface area (TPSA) is 58.6 Å². The maximum Gasteiger partial charge on any atom is 0.339 e. The molecule has 1 aliphatic heterocycles. The SMILES string of the molecule is CCOC(=O)c1ccc(NC(=O)C2CCN(Cc3ccccc3C)CC2)cc1Cl. The molecule has 6 heteroatoms. The van der Waals surface area contributed by atoms with Gasteiger partial charge in [0.25, 0.3) is 0 Å². The zero-order chi connectivity index (χ0) is 20.8. The largest absolute Gasteiger partial charge is 0.462 e. The van der Waals surface area contributed by atoms with Gasteiger partial charge in [-0.2, -0.15) is 0 Å². The van der Waals surface area contributed by atoms with Crippen molar-refractivity contribution in [2.24, 2.45) is 5.92 Å². The van der Waals surface area contributed by atoms with E-state index in [0.29, 0.717) is 11.3 Å². The number of amides is 1. The molecule has 5 nitrogen and oxygen atoms in total. The average Bonchev–Trinajstić information content (AvgIpc) is 2.70. The van der Waals surface area contributed by atoms with Crippen molar-refractivity contribution < 1.29 is 14.3 Å². The molecule has 154 valence electrons. The van der Waals surface area contributed by atoms with Crippen molar-refractivity contribution in [3.63, 3.8) is 0 Å². The molecule has 0 bridgehead atoms. The van der Waals surface area contributed by atoms with Crippen LogP contribution in [0.3, 0.4) is 0 Å². The van der Waals surface area contributed by atoms with E-state index >= 15 is 0 Å². The Balaban J connectivity index is 1.53. The molecule has 0 saturated carbocycles. The number of carbonyl (C=O) groups excluding carboxylic acids is 2. The van der Waals surface area contributed by atoms with Crippen LogP contribution in [0.15, 0.2) is 42.5 Å². The number of likely N-dealkylation sites (tertiary alicyclic amines) is 1. The Hall–Kier alpha value is -2.37. The van der Waals surface area contributed by atoms with Gasteiger partial charge in [-0.05, 0) is 69.1 Å². The van der Waals surface area contributed by atoms with Crippen molar-refractivity contribution in [3.05, 3.63) is 64.2 Å². The third-order valence-corrected chi connectivity index (χ3v) is 5.66. The highest BCUT2D eigenvalue weighted by Gasteiger charge is 2.25. The fourth-order valence-corrected chi connectivity index (χ4v) is 3.85. The van der Waals surface area contributed by atoms with Crippen LogP contribution in [0, 0.1) is 12.8 Å². The van der Waals surface area contributed by atoms with Gasteiger partial charge in [0.2, 0.25) is 5.91 Å². The lowest BCUT2D eigenvalue weighted by atomic mass is 9.95. The number of esters is 1. The van der Waals surface area contributed by atoms with Crippen molar-refractivity contribution in [3.8, 4) is 0 Å². The number of hydrogen-bond donors (Lipinski definition) is 1. The van der Waals surface area contributed by atoms with Gasteiger partial charge in [-0.15, -0.1) is 0 Å². The number of carbonyl (C=O) groups is 2. The summed E-state index contributed by atoms with van der Waals surface area (Å²) < 4.78 is 4.97. The Bertz CT molecular complexity index is 876. The number of halogens is 1. The van der Waals surface area contributed by atoms with E-state index in [1.54, 1.807) is 25.1 Å². The summed E-state index contributed by atoms with van der Waals surface area (Å²) in [6, 6.07) is 13.3. The number of benzene rings is 2. The van der Waals surface area contributed by atoms with Gasteiger partial charge in [0, 0.05) is 18.2 Å². The van der Waals surface area contributed by atoms with E-state index in [9.17, 15) is 9.59 Å². The van der Waals surface area contributed by atoms with Crippen LogP contribution < -0.4 is 5.32 Å². The number of anilines is 1. The second-order valence-corrected chi connectivity index (χ2v) is 7.79. The first-order valence-electron chi connectivity index (χ1n) is 10.0. The van der Waals surface area contributed by atoms with E-state index in [0.717, 1.165) is 32.5 Å². The van der Waals surface area contributed by atoms with Gasteiger partial charge in [0.1, 0.15) is 0 Å². The molecule has 29 heavy (non-hydrogen) atoms. The number of piperidine rings is 1. The van der Waals surface area contributed by atoms with E-state index in [-0.39, 0.29) is 23.5 Å². The molecule has 0 radical (unpaired) electrons. The number of hydrogen-bond acceptors (Lipinski definition) is 4. The lowest BCUT2D eigenvalue weighted by molar-refractivity contribution is -0.121. The van der Waals surface area contributed by atoms with E-state index in [2.05, 4.69) is 41.4 Å². The van der Waals surface area contributed by atoms with Gasteiger partial charge >= 0.3 is 5.97 Å². The van der Waals surface area contributed by atoms with Crippen molar-refractivity contribution in [2.75, 3.05) is 25.0 Å².